The smallest absolute Gasteiger partial charge is 0.227 e. The molecule has 0 bridgehead atoms. The van der Waals surface area contributed by atoms with Gasteiger partial charge in [-0.25, -0.2) is 4.98 Å². The summed E-state index contributed by atoms with van der Waals surface area (Å²) in [6.07, 6.45) is 1.33. The zero-order valence-electron chi connectivity index (χ0n) is 15.0. The fourth-order valence-electron chi connectivity index (χ4n) is 4.94. The van der Waals surface area contributed by atoms with Gasteiger partial charge in [-0.2, -0.15) is 0 Å². The highest BCUT2D eigenvalue weighted by atomic mass is 16.5. The minimum atomic E-state index is -0.593. The summed E-state index contributed by atoms with van der Waals surface area (Å²) in [5, 5.41) is 9.61. The first-order valence-corrected chi connectivity index (χ1v) is 9.43. The Kier molecular flexibility index (Phi) is 3.73. The third kappa shape index (κ3) is 2.33. The molecule has 0 saturated carbocycles. The lowest BCUT2D eigenvalue weighted by molar-refractivity contribution is -0.139. The molecule has 0 unspecified atom stereocenters. The van der Waals surface area contributed by atoms with Crippen molar-refractivity contribution in [2.75, 3.05) is 19.7 Å². The average Bonchev–Trinajstić information content (AvgIpc) is 3.40. The first-order chi connectivity index (χ1) is 13.1. The van der Waals surface area contributed by atoms with E-state index in [0.29, 0.717) is 51.3 Å². The van der Waals surface area contributed by atoms with Crippen LogP contribution in [0.2, 0.25) is 0 Å². The number of ether oxygens (including phenoxy) is 1. The Morgan fingerprint density at radius 1 is 1.33 bits per heavy atom. The van der Waals surface area contributed by atoms with Gasteiger partial charge >= 0.3 is 0 Å². The standard InChI is InChI=1S/C19H22N4O4/c24-12-16-20-13-3-1-2-4-14(13)21(16)7-5-17(25)22-8-6-19-15(22)11-18(26)23(19)9-10-27-19/h1-4,15,24H,5-12H2/t15-,19+/m1/s1. The normalized spacial score (nSPS) is 26.9. The maximum atomic E-state index is 13.0. The van der Waals surface area contributed by atoms with Crippen LogP contribution >= 0.6 is 0 Å². The SMILES string of the molecule is O=C(CCn1c(CO)nc2ccccc21)N1CC[C@@]23OCCN2C(=O)C[C@@H]13. The molecule has 27 heavy (non-hydrogen) atoms. The highest BCUT2D eigenvalue weighted by Crippen LogP contribution is 2.45. The van der Waals surface area contributed by atoms with Crippen LogP contribution < -0.4 is 0 Å². The molecule has 1 spiro atoms. The van der Waals surface area contributed by atoms with Crippen LogP contribution in [-0.4, -0.2) is 67.7 Å². The first kappa shape index (κ1) is 16.7. The third-order valence-corrected chi connectivity index (χ3v) is 6.15. The molecule has 8 nitrogen and oxygen atoms in total. The molecule has 3 aliphatic rings. The number of aliphatic hydroxyl groups is 1. The van der Waals surface area contributed by atoms with Crippen LogP contribution in [0.15, 0.2) is 24.3 Å². The number of para-hydroxylation sites is 2. The summed E-state index contributed by atoms with van der Waals surface area (Å²) in [4.78, 5) is 33.3. The van der Waals surface area contributed by atoms with Gasteiger partial charge in [-0.05, 0) is 12.1 Å². The summed E-state index contributed by atoms with van der Waals surface area (Å²) in [7, 11) is 0. The van der Waals surface area contributed by atoms with Crippen molar-refractivity contribution in [1.29, 1.82) is 0 Å². The van der Waals surface area contributed by atoms with Crippen LogP contribution in [0.5, 0.6) is 0 Å². The number of benzene rings is 1. The Bertz CT molecular complexity index is 926. The van der Waals surface area contributed by atoms with Gasteiger partial charge in [0.25, 0.3) is 0 Å². The molecular formula is C19H22N4O4. The third-order valence-electron chi connectivity index (χ3n) is 6.15. The zero-order chi connectivity index (χ0) is 18.6. The molecule has 8 heteroatoms. The molecule has 5 rings (SSSR count). The van der Waals surface area contributed by atoms with Crippen molar-refractivity contribution in [1.82, 2.24) is 19.4 Å². The Morgan fingerprint density at radius 2 is 2.19 bits per heavy atom. The molecule has 3 saturated heterocycles. The van der Waals surface area contributed by atoms with Crippen LogP contribution in [0.1, 0.15) is 25.1 Å². The Labute approximate surface area is 156 Å². The molecule has 3 fully saturated rings. The van der Waals surface area contributed by atoms with Crippen LogP contribution in [0, 0.1) is 0 Å². The number of imidazole rings is 1. The van der Waals surface area contributed by atoms with Gasteiger partial charge in [0, 0.05) is 32.5 Å². The van der Waals surface area contributed by atoms with Crippen LogP contribution in [0.3, 0.4) is 0 Å². The molecule has 0 aliphatic carbocycles. The Hall–Kier alpha value is -2.45. The molecule has 2 amide bonds. The monoisotopic (exact) mass is 370 g/mol. The number of hydrogen-bond donors (Lipinski definition) is 1. The van der Waals surface area contributed by atoms with E-state index in [1.807, 2.05) is 38.6 Å². The van der Waals surface area contributed by atoms with Gasteiger partial charge in [0.05, 0.1) is 30.1 Å². The second kappa shape index (κ2) is 6.03. The van der Waals surface area contributed by atoms with E-state index in [4.69, 9.17) is 4.74 Å². The number of amides is 2. The quantitative estimate of drug-likeness (QED) is 0.846. The van der Waals surface area contributed by atoms with E-state index in [2.05, 4.69) is 4.98 Å². The molecule has 1 aromatic heterocycles. The van der Waals surface area contributed by atoms with Crippen molar-refractivity contribution in [3.63, 3.8) is 0 Å². The van der Waals surface area contributed by atoms with Gasteiger partial charge in [-0.3, -0.25) is 9.59 Å². The van der Waals surface area contributed by atoms with Crippen molar-refractivity contribution in [2.24, 2.45) is 0 Å². The summed E-state index contributed by atoms with van der Waals surface area (Å²) in [6.45, 7) is 2.06. The highest BCUT2D eigenvalue weighted by molar-refractivity contribution is 5.85. The zero-order valence-corrected chi connectivity index (χ0v) is 15.0. The van der Waals surface area contributed by atoms with Gasteiger partial charge in [0.1, 0.15) is 12.4 Å². The molecule has 2 aromatic rings. The van der Waals surface area contributed by atoms with E-state index in [1.54, 1.807) is 0 Å². The maximum absolute atomic E-state index is 13.0. The van der Waals surface area contributed by atoms with Gasteiger partial charge in [-0.15, -0.1) is 0 Å². The van der Waals surface area contributed by atoms with E-state index in [-0.39, 0.29) is 24.5 Å². The van der Waals surface area contributed by atoms with Crippen LogP contribution in [0.25, 0.3) is 11.0 Å². The number of carbonyl (C=O) groups excluding carboxylic acids is 2. The van der Waals surface area contributed by atoms with Crippen molar-refractivity contribution in [3.8, 4) is 0 Å². The summed E-state index contributed by atoms with van der Waals surface area (Å²) >= 11 is 0. The number of fused-ring (bicyclic) bond motifs is 1. The number of hydrogen-bond acceptors (Lipinski definition) is 5. The molecule has 142 valence electrons. The predicted octanol–water partition coefficient (Wildman–Crippen LogP) is 0.478. The topological polar surface area (TPSA) is 87.9 Å². The second-order valence-electron chi connectivity index (χ2n) is 7.37. The Balaban J connectivity index is 1.34. The molecular weight excluding hydrogens is 348 g/mol. The number of nitrogens with zero attached hydrogens (tertiary/aromatic N) is 4. The maximum Gasteiger partial charge on any atom is 0.227 e. The minimum Gasteiger partial charge on any atom is -0.388 e. The largest absolute Gasteiger partial charge is 0.388 e. The van der Waals surface area contributed by atoms with Gasteiger partial charge < -0.3 is 24.2 Å². The van der Waals surface area contributed by atoms with Crippen LogP contribution in [-0.2, 0) is 27.5 Å². The second-order valence-corrected chi connectivity index (χ2v) is 7.37. The van der Waals surface area contributed by atoms with Gasteiger partial charge in [0.15, 0.2) is 5.72 Å². The van der Waals surface area contributed by atoms with E-state index >= 15 is 0 Å². The lowest BCUT2D eigenvalue weighted by atomic mass is 10.1. The molecule has 1 N–H and O–H groups in total. The first-order valence-electron chi connectivity index (χ1n) is 9.43. The summed E-state index contributed by atoms with van der Waals surface area (Å²) < 4.78 is 7.85. The molecule has 4 heterocycles. The molecule has 3 aliphatic heterocycles. The number of rotatable bonds is 4. The van der Waals surface area contributed by atoms with Crippen molar-refractivity contribution in [2.45, 2.75) is 44.2 Å². The lowest BCUT2D eigenvalue weighted by Gasteiger charge is -2.31. The number of carbonyl (C=O) groups is 2. The van der Waals surface area contributed by atoms with E-state index in [0.717, 1.165) is 11.0 Å². The minimum absolute atomic E-state index is 0.0173. The van der Waals surface area contributed by atoms with E-state index < -0.39 is 5.72 Å². The summed E-state index contributed by atoms with van der Waals surface area (Å²) in [5.74, 6) is 0.658. The predicted molar refractivity (Wildman–Crippen MR) is 95.4 cm³/mol. The van der Waals surface area contributed by atoms with Crippen LogP contribution in [0.4, 0.5) is 0 Å². The number of aliphatic hydroxyl groups excluding tert-OH is 1. The highest BCUT2D eigenvalue weighted by Gasteiger charge is 2.62. The lowest BCUT2D eigenvalue weighted by Crippen LogP contribution is -2.48. The van der Waals surface area contributed by atoms with Gasteiger partial charge in [0.2, 0.25) is 11.8 Å². The summed E-state index contributed by atoms with van der Waals surface area (Å²) in [5.41, 5.74) is 1.13. The number of likely N-dealkylation sites (tertiary alicyclic amines) is 1. The summed E-state index contributed by atoms with van der Waals surface area (Å²) in [6, 6.07) is 7.48. The average molecular weight is 370 g/mol. The van der Waals surface area contributed by atoms with E-state index in [1.165, 1.54) is 0 Å². The fourth-order valence-corrected chi connectivity index (χ4v) is 4.94. The van der Waals surface area contributed by atoms with Crippen molar-refractivity contribution in [3.05, 3.63) is 30.1 Å². The molecule has 2 atom stereocenters. The fraction of sp³-hybridized carbons (Fsp3) is 0.526. The van der Waals surface area contributed by atoms with Crippen molar-refractivity contribution >= 4 is 22.8 Å². The van der Waals surface area contributed by atoms with Gasteiger partial charge in [-0.1, -0.05) is 12.1 Å². The number of aromatic nitrogens is 2. The number of aryl methyl sites for hydroxylation is 1. The Morgan fingerprint density at radius 3 is 3.04 bits per heavy atom. The van der Waals surface area contributed by atoms with Crippen molar-refractivity contribution < 1.29 is 19.4 Å². The van der Waals surface area contributed by atoms with E-state index in [9.17, 15) is 14.7 Å². The molecule has 1 aromatic carbocycles. The molecule has 0 radical (unpaired) electrons.